The highest BCUT2D eigenvalue weighted by Gasteiger charge is 2.14. The van der Waals surface area contributed by atoms with Crippen LogP contribution in [0.2, 0.25) is 0 Å². The standard InChI is InChI=1S/C9H12O4/c1-5-8(11)7(12-2)4-6(10)9(5)13-3/h4,10-11H,1-3H3. The van der Waals surface area contributed by atoms with Gasteiger partial charge in [-0.1, -0.05) is 0 Å². The van der Waals surface area contributed by atoms with Crippen molar-refractivity contribution >= 4 is 0 Å². The molecule has 72 valence electrons. The molecule has 0 saturated carbocycles. The van der Waals surface area contributed by atoms with Crippen molar-refractivity contribution in [2.75, 3.05) is 14.2 Å². The molecule has 0 aliphatic carbocycles. The van der Waals surface area contributed by atoms with Crippen LogP contribution < -0.4 is 9.47 Å². The van der Waals surface area contributed by atoms with Gasteiger partial charge in [0.15, 0.2) is 23.0 Å². The van der Waals surface area contributed by atoms with Gasteiger partial charge in [0.2, 0.25) is 0 Å². The first-order valence-corrected chi connectivity index (χ1v) is 3.75. The topological polar surface area (TPSA) is 58.9 Å². The number of phenols is 2. The van der Waals surface area contributed by atoms with Gasteiger partial charge in [0.1, 0.15) is 0 Å². The molecule has 13 heavy (non-hydrogen) atoms. The minimum atomic E-state index is -0.0466. The lowest BCUT2D eigenvalue weighted by Crippen LogP contribution is -1.91. The maximum Gasteiger partial charge on any atom is 0.167 e. The van der Waals surface area contributed by atoms with Crippen molar-refractivity contribution in [3.05, 3.63) is 11.6 Å². The van der Waals surface area contributed by atoms with Crippen LogP contribution >= 0.6 is 0 Å². The number of ether oxygens (including phenoxy) is 2. The van der Waals surface area contributed by atoms with Gasteiger partial charge in [0.25, 0.3) is 0 Å². The highest BCUT2D eigenvalue weighted by Crippen LogP contribution is 2.42. The number of rotatable bonds is 2. The molecule has 0 aliphatic heterocycles. The lowest BCUT2D eigenvalue weighted by Gasteiger charge is -2.11. The highest BCUT2D eigenvalue weighted by molar-refractivity contribution is 5.59. The Morgan fingerprint density at radius 2 is 1.77 bits per heavy atom. The molecule has 0 unspecified atom stereocenters. The van der Waals surface area contributed by atoms with Crippen molar-refractivity contribution in [1.29, 1.82) is 0 Å². The number of phenolic OH excluding ortho intramolecular Hbond substituents is 2. The van der Waals surface area contributed by atoms with Crippen LogP contribution in [0, 0.1) is 6.92 Å². The van der Waals surface area contributed by atoms with Crippen molar-refractivity contribution < 1.29 is 19.7 Å². The third-order valence-electron chi connectivity index (χ3n) is 1.85. The van der Waals surface area contributed by atoms with Gasteiger partial charge in [0, 0.05) is 11.6 Å². The Kier molecular flexibility index (Phi) is 2.51. The SMILES string of the molecule is COc1cc(O)c(OC)c(C)c1O. The second-order valence-corrected chi connectivity index (χ2v) is 2.60. The average Bonchev–Trinajstić information content (AvgIpc) is 2.12. The fourth-order valence-corrected chi connectivity index (χ4v) is 1.16. The van der Waals surface area contributed by atoms with Crippen LogP contribution in [-0.2, 0) is 0 Å². The molecular formula is C9H12O4. The third-order valence-corrected chi connectivity index (χ3v) is 1.85. The van der Waals surface area contributed by atoms with E-state index in [1.54, 1.807) is 6.92 Å². The maximum atomic E-state index is 9.52. The van der Waals surface area contributed by atoms with E-state index in [4.69, 9.17) is 9.47 Å². The summed E-state index contributed by atoms with van der Waals surface area (Å²) in [5.74, 6) is 0.431. The van der Waals surface area contributed by atoms with E-state index in [-0.39, 0.29) is 23.0 Å². The molecule has 0 radical (unpaired) electrons. The first-order chi connectivity index (χ1) is 6.11. The second kappa shape index (κ2) is 3.43. The van der Waals surface area contributed by atoms with Crippen LogP contribution in [0.4, 0.5) is 0 Å². The van der Waals surface area contributed by atoms with Gasteiger partial charge in [-0.2, -0.15) is 0 Å². The largest absolute Gasteiger partial charge is 0.504 e. The first-order valence-electron chi connectivity index (χ1n) is 3.75. The summed E-state index contributed by atoms with van der Waals surface area (Å²) >= 11 is 0. The van der Waals surface area contributed by atoms with Crippen LogP contribution in [-0.4, -0.2) is 24.4 Å². The van der Waals surface area contributed by atoms with Gasteiger partial charge < -0.3 is 19.7 Å². The van der Waals surface area contributed by atoms with Crippen molar-refractivity contribution in [3.8, 4) is 23.0 Å². The summed E-state index contributed by atoms with van der Waals surface area (Å²) in [7, 11) is 2.84. The van der Waals surface area contributed by atoms with E-state index in [1.807, 2.05) is 0 Å². The molecule has 2 N–H and O–H groups in total. The predicted octanol–water partition coefficient (Wildman–Crippen LogP) is 1.42. The quantitative estimate of drug-likeness (QED) is 0.682. The molecule has 1 rings (SSSR count). The monoisotopic (exact) mass is 184 g/mol. The molecular weight excluding hydrogens is 172 g/mol. The molecule has 0 amide bonds. The summed E-state index contributed by atoms with van der Waals surface area (Å²) in [6, 6.07) is 1.31. The molecule has 0 spiro atoms. The van der Waals surface area contributed by atoms with Crippen molar-refractivity contribution in [3.63, 3.8) is 0 Å². The molecule has 1 aromatic carbocycles. The Bertz CT molecular complexity index is 320. The predicted molar refractivity (Wildman–Crippen MR) is 47.6 cm³/mol. The zero-order valence-electron chi connectivity index (χ0n) is 7.79. The Morgan fingerprint density at radius 3 is 2.23 bits per heavy atom. The zero-order chi connectivity index (χ0) is 10.0. The fourth-order valence-electron chi connectivity index (χ4n) is 1.16. The molecule has 0 fully saturated rings. The van der Waals surface area contributed by atoms with Gasteiger partial charge in [-0.05, 0) is 6.92 Å². The average molecular weight is 184 g/mol. The fraction of sp³-hybridized carbons (Fsp3) is 0.333. The molecule has 0 bridgehead atoms. The van der Waals surface area contributed by atoms with Gasteiger partial charge in [-0.25, -0.2) is 0 Å². The lowest BCUT2D eigenvalue weighted by molar-refractivity contribution is 0.343. The van der Waals surface area contributed by atoms with E-state index in [1.165, 1.54) is 20.3 Å². The first kappa shape index (κ1) is 9.51. The summed E-state index contributed by atoms with van der Waals surface area (Å²) in [6.07, 6.45) is 0. The molecule has 1 aromatic rings. The van der Waals surface area contributed by atoms with Crippen LogP contribution in [0.3, 0.4) is 0 Å². The van der Waals surface area contributed by atoms with Crippen molar-refractivity contribution in [1.82, 2.24) is 0 Å². The number of hydrogen-bond acceptors (Lipinski definition) is 4. The van der Waals surface area contributed by atoms with Gasteiger partial charge in [-0.15, -0.1) is 0 Å². The minimum Gasteiger partial charge on any atom is -0.504 e. The van der Waals surface area contributed by atoms with Gasteiger partial charge in [0.05, 0.1) is 14.2 Å². The third kappa shape index (κ3) is 1.47. The molecule has 0 aliphatic rings. The summed E-state index contributed by atoms with van der Waals surface area (Å²) < 4.78 is 9.73. The van der Waals surface area contributed by atoms with Gasteiger partial charge in [-0.3, -0.25) is 0 Å². The van der Waals surface area contributed by atoms with Crippen molar-refractivity contribution in [2.45, 2.75) is 6.92 Å². The maximum absolute atomic E-state index is 9.52. The smallest absolute Gasteiger partial charge is 0.167 e. The zero-order valence-corrected chi connectivity index (χ0v) is 7.79. The van der Waals surface area contributed by atoms with Gasteiger partial charge >= 0.3 is 0 Å². The molecule has 4 heteroatoms. The van der Waals surface area contributed by atoms with Crippen LogP contribution in [0.1, 0.15) is 5.56 Å². The van der Waals surface area contributed by atoms with Crippen LogP contribution in [0.15, 0.2) is 6.07 Å². The summed E-state index contributed by atoms with van der Waals surface area (Å²) in [4.78, 5) is 0. The Labute approximate surface area is 76.3 Å². The van der Waals surface area contributed by atoms with E-state index in [0.29, 0.717) is 5.56 Å². The number of methoxy groups -OCH3 is 2. The Balaban J connectivity index is 3.37. The second-order valence-electron chi connectivity index (χ2n) is 2.60. The summed E-state index contributed by atoms with van der Waals surface area (Å²) in [6.45, 7) is 1.64. The van der Waals surface area contributed by atoms with E-state index in [2.05, 4.69) is 0 Å². The molecule has 0 heterocycles. The molecule has 0 aromatic heterocycles. The van der Waals surface area contributed by atoms with Crippen LogP contribution in [0.25, 0.3) is 0 Å². The molecule has 0 saturated heterocycles. The van der Waals surface area contributed by atoms with Crippen LogP contribution in [0.5, 0.6) is 23.0 Å². The van der Waals surface area contributed by atoms with E-state index in [0.717, 1.165) is 0 Å². The molecule has 4 nitrogen and oxygen atoms in total. The number of benzene rings is 1. The minimum absolute atomic E-state index is 0.0165. The van der Waals surface area contributed by atoms with Crippen molar-refractivity contribution in [2.24, 2.45) is 0 Å². The Morgan fingerprint density at radius 1 is 1.15 bits per heavy atom. The van der Waals surface area contributed by atoms with E-state index in [9.17, 15) is 10.2 Å². The highest BCUT2D eigenvalue weighted by atomic mass is 16.5. The lowest BCUT2D eigenvalue weighted by atomic mass is 10.1. The Hall–Kier alpha value is -1.58. The summed E-state index contributed by atoms with van der Waals surface area (Å²) in [5, 5.41) is 18.9. The normalized spacial score (nSPS) is 9.77. The number of aromatic hydroxyl groups is 2. The van der Waals surface area contributed by atoms with E-state index < -0.39 is 0 Å². The number of hydrogen-bond donors (Lipinski definition) is 2. The molecule has 0 atom stereocenters. The van der Waals surface area contributed by atoms with E-state index >= 15 is 0 Å². The summed E-state index contributed by atoms with van der Waals surface area (Å²) in [5.41, 5.74) is 0.458.